The minimum absolute atomic E-state index is 0.161. The topological polar surface area (TPSA) is 180 Å². The third-order valence-corrected chi connectivity index (χ3v) is 4.06. The molecule has 0 aliphatic carbocycles. The molecule has 184 valence electrons. The molecular weight excluding hydrogens is 446 g/mol. The molecule has 0 aromatic heterocycles. The molecular formula is C18H33N5O8S. The predicted molar refractivity (Wildman–Crippen MR) is 116 cm³/mol. The molecule has 0 rings (SSSR count). The number of hydrogen-bond acceptors (Lipinski definition) is 8. The standard InChI is InChI=1S/C18H33N5O8S/c1-17(2,3)30-15(25)13(23(32(27)28)16(26)31-18(4,5)6)7-8-14(24)20-9-11-29-12-10-21-22-19/h13H,7-12H2,1-6H3,(H,20,24)(H,27,28)/t13-/m0/s1. The average Bonchev–Trinajstić information content (AvgIpc) is 2.60. The first-order valence-electron chi connectivity index (χ1n) is 9.89. The summed E-state index contributed by atoms with van der Waals surface area (Å²) in [5.41, 5.74) is 6.24. The Morgan fingerprint density at radius 2 is 1.72 bits per heavy atom. The van der Waals surface area contributed by atoms with Gasteiger partial charge in [0.1, 0.15) is 17.2 Å². The van der Waals surface area contributed by atoms with E-state index in [2.05, 4.69) is 15.3 Å². The lowest BCUT2D eigenvalue weighted by Crippen LogP contribution is -2.50. The fourth-order valence-corrected chi connectivity index (χ4v) is 2.75. The summed E-state index contributed by atoms with van der Waals surface area (Å²) in [6, 6.07) is -1.53. The fraction of sp³-hybridized carbons (Fsp3) is 0.833. The predicted octanol–water partition coefficient (Wildman–Crippen LogP) is 2.29. The number of carbonyl (C=O) groups excluding carboxylic acids is 3. The maximum Gasteiger partial charge on any atom is 0.424 e. The van der Waals surface area contributed by atoms with Gasteiger partial charge in [-0.15, -0.1) is 0 Å². The van der Waals surface area contributed by atoms with Crippen LogP contribution < -0.4 is 5.32 Å². The first kappa shape index (κ1) is 29.6. The highest BCUT2D eigenvalue weighted by molar-refractivity contribution is 7.77. The average molecular weight is 480 g/mol. The van der Waals surface area contributed by atoms with Crippen molar-refractivity contribution in [3.63, 3.8) is 0 Å². The zero-order valence-corrected chi connectivity index (χ0v) is 20.1. The number of carbonyl (C=O) groups is 3. The van der Waals surface area contributed by atoms with Crippen LogP contribution in [0.3, 0.4) is 0 Å². The van der Waals surface area contributed by atoms with Gasteiger partial charge in [-0.25, -0.2) is 13.8 Å². The van der Waals surface area contributed by atoms with Gasteiger partial charge in [0.25, 0.3) is 11.3 Å². The molecule has 0 saturated carbocycles. The summed E-state index contributed by atoms with van der Waals surface area (Å²) in [7, 11) is 0. The van der Waals surface area contributed by atoms with E-state index in [9.17, 15) is 23.1 Å². The summed E-state index contributed by atoms with van der Waals surface area (Å²) in [6.07, 6.45) is -1.70. The molecule has 0 aliphatic rings. The Balaban J connectivity index is 5.15. The van der Waals surface area contributed by atoms with Gasteiger partial charge in [-0.3, -0.25) is 9.35 Å². The molecule has 2 atom stereocenters. The first-order chi connectivity index (χ1) is 14.7. The monoisotopic (exact) mass is 479 g/mol. The maximum atomic E-state index is 12.7. The lowest BCUT2D eigenvalue weighted by molar-refractivity contribution is -0.159. The smallest absolute Gasteiger partial charge is 0.424 e. The van der Waals surface area contributed by atoms with E-state index in [0.29, 0.717) is 4.31 Å². The van der Waals surface area contributed by atoms with Crippen molar-refractivity contribution >= 4 is 29.2 Å². The summed E-state index contributed by atoms with van der Waals surface area (Å²) in [5.74, 6) is -1.41. The second-order valence-electron chi connectivity index (χ2n) is 8.54. The number of amides is 2. The largest absolute Gasteiger partial charge is 0.458 e. The summed E-state index contributed by atoms with van der Waals surface area (Å²) < 4.78 is 37.5. The molecule has 14 heteroatoms. The van der Waals surface area contributed by atoms with Crippen LogP contribution in [-0.4, -0.2) is 74.6 Å². The van der Waals surface area contributed by atoms with Crippen molar-refractivity contribution < 1.29 is 37.4 Å². The lowest BCUT2D eigenvalue weighted by Gasteiger charge is -2.31. The van der Waals surface area contributed by atoms with E-state index in [-0.39, 0.29) is 39.1 Å². The van der Waals surface area contributed by atoms with E-state index in [1.54, 1.807) is 41.5 Å². The fourth-order valence-electron chi connectivity index (χ4n) is 2.18. The van der Waals surface area contributed by atoms with Crippen molar-refractivity contribution in [2.45, 2.75) is 71.6 Å². The van der Waals surface area contributed by atoms with Gasteiger partial charge in [-0.1, -0.05) is 5.11 Å². The Bertz CT molecular complexity index is 713. The highest BCUT2D eigenvalue weighted by Crippen LogP contribution is 2.19. The molecule has 13 nitrogen and oxygen atoms in total. The summed E-state index contributed by atoms with van der Waals surface area (Å²) in [5, 5.41) is 5.86. The number of hydrogen-bond donors (Lipinski definition) is 2. The van der Waals surface area contributed by atoms with Gasteiger partial charge in [0.15, 0.2) is 0 Å². The van der Waals surface area contributed by atoms with Gasteiger partial charge in [-0.2, -0.15) is 4.31 Å². The molecule has 0 fully saturated rings. The molecule has 0 aliphatic heterocycles. The molecule has 0 aromatic rings. The van der Waals surface area contributed by atoms with Crippen molar-refractivity contribution in [2.24, 2.45) is 5.11 Å². The SMILES string of the molecule is CC(C)(C)OC(=O)[C@H](CCC(=O)NCCOCCN=[N+]=[N-])N(C(=O)OC(C)(C)C)S(=O)O. The molecule has 0 bridgehead atoms. The molecule has 0 spiro atoms. The zero-order chi connectivity index (χ0) is 24.9. The summed E-state index contributed by atoms with van der Waals surface area (Å²) in [6.45, 7) is 10.2. The molecule has 2 N–H and O–H groups in total. The second-order valence-corrected chi connectivity index (χ2v) is 9.40. The molecule has 1 unspecified atom stereocenters. The van der Waals surface area contributed by atoms with Crippen LogP contribution in [0.4, 0.5) is 4.79 Å². The molecule has 0 saturated heterocycles. The van der Waals surface area contributed by atoms with Crippen LogP contribution in [0.5, 0.6) is 0 Å². The van der Waals surface area contributed by atoms with Crippen LogP contribution in [0, 0.1) is 0 Å². The van der Waals surface area contributed by atoms with E-state index in [1.807, 2.05) is 0 Å². The second kappa shape index (κ2) is 13.9. The lowest BCUT2D eigenvalue weighted by atomic mass is 10.1. The molecule has 32 heavy (non-hydrogen) atoms. The van der Waals surface area contributed by atoms with E-state index in [4.69, 9.17) is 19.7 Å². The van der Waals surface area contributed by atoms with Crippen LogP contribution in [0.15, 0.2) is 5.11 Å². The van der Waals surface area contributed by atoms with Gasteiger partial charge in [0.2, 0.25) is 5.91 Å². The highest BCUT2D eigenvalue weighted by atomic mass is 32.2. The van der Waals surface area contributed by atoms with Gasteiger partial charge >= 0.3 is 12.1 Å². The van der Waals surface area contributed by atoms with Crippen molar-refractivity contribution in [1.29, 1.82) is 0 Å². The first-order valence-corrected chi connectivity index (χ1v) is 11.0. The summed E-state index contributed by atoms with van der Waals surface area (Å²) in [4.78, 5) is 39.8. The van der Waals surface area contributed by atoms with Crippen LogP contribution in [0.1, 0.15) is 54.4 Å². The van der Waals surface area contributed by atoms with Crippen molar-refractivity contribution in [3.8, 4) is 0 Å². The highest BCUT2D eigenvalue weighted by Gasteiger charge is 2.39. The van der Waals surface area contributed by atoms with Gasteiger partial charge in [-0.05, 0) is 53.5 Å². The number of nitrogens with zero attached hydrogens (tertiary/aromatic N) is 4. The van der Waals surface area contributed by atoms with E-state index in [0.717, 1.165) is 0 Å². The Hall–Kier alpha value is -2.41. The number of ether oxygens (including phenoxy) is 3. The van der Waals surface area contributed by atoms with Crippen molar-refractivity contribution in [2.75, 3.05) is 26.3 Å². The Morgan fingerprint density at radius 1 is 1.12 bits per heavy atom. The number of rotatable bonds is 12. The normalized spacial score (nSPS) is 13.3. The third kappa shape index (κ3) is 13.8. The third-order valence-electron chi connectivity index (χ3n) is 3.32. The number of esters is 1. The molecule has 0 radical (unpaired) electrons. The van der Waals surface area contributed by atoms with Crippen molar-refractivity contribution in [3.05, 3.63) is 10.4 Å². The number of nitrogens with one attached hydrogen (secondary N) is 1. The van der Waals surface area contributed by atoms with Crippen molar-refractivity contribution in [1.82, 2.24) is 9.62 Å². The molecule has 2 amide bonds. The Kier molecular flexibility index (Phi) is 12.8. The van der Waals surface area contributed by atoms with Gasteiger partial charge in [0, 0.05) is 24.4 Å². The van der Waals surface area contributed by atoms with Gasteiger partial charge in [0.05, 0.1) is 13.2 Å². The van der Waals surface area contributed by atoms with Crippen LogP contribution >= 0.6 is 0 Å². The minimum Gasteiger partial charge on any atom is -0.458 e. The van der Waals surface area contributed by atoms with E-state index in [1.165, 1.54) is 0 Å². The summed E-state index contributed by atoms with van der Waals surface area (Å²) >= 11 is -2.90. The number of azide groups is 1. The Morgan fingerprint density at radius 3 is 2.22 bits per heavy atom. The van der Waals surface area contributed by atoms with Crippen LogP contribution in [0.25, 0.3) is 10.4 Å². The molecule has 0 aromatic carbocycles. The zero-order valence-electron chi connectivity index (χ0n) is 19.3. The maximum absolute atomic E-state index is 12.7. The Labute approximate surface area is 190 Å². The molecule has 0 heterocycles. The van der Waals surface area contributed by atoms with Crippen LogP contribution in [0.2, 0.25) is 0 Å². The van der Waals surface area contributed by atoms with E-state index >= 15 is 0 Å². The van der Waals surface area contributed by atoms with E-state index < -0.39 is 46.5 Å². The minimum atomic E-state index is -2.90. The van der Waals surface area contributed by atoms with Gasteiger partial charge < -0.3 is 19.5 Å². The van der Waals surface area contributed by atoms with Crippen LogP contribution in [-0.2, 0) is 35.1 Å². The quantitative estimate of drug-likeness (QED) is 0.107.